The average molecular weight is 633 g/mol. The van der Waals surface area contributed by atoms with Crippen LogP contribution in [-0.4, -0.2) is 63.1 Å². The molecule has 0 radical (unpaired) electrons. The number of benzene rings is 1. The van der Waals surface area contributed by atoms with Gasteiger partial charge in [0.15, 0.2) is 0 Å². The summed E-state index contributed by atoms with van der Waals surface area (Å²) in [5.41, 5.74) is 2.39. The molecule has 46 heavy (non-hydrogen) atoms. The van der Waals surface area contributed by atoms with Crippen LogP contribution in [0.1, 0.15) is 100 Å². The highest BCUT2D eigenvalue weighted by atomic mass is 19.3. The van der Waals surface area contributed by atoms with E-state index in [0.717, 1.165) is 68.3 Å². The Morgan fingerprint density at radius 2 is 1.72 bits per heavy atom. The molecule has 1 aromatic carbocycles. The molecule has 0 aliphatic carbocycles. The quantitative estimate of drug-likeness (QED) is 0.297. The van der Waals surface area contributed by atoms with Gasteiger partial charge in [-0.05, 0) is 122 Å². The van der Waals surface area contributed by atoms with E-state index in [9.17, 15) is 4.79 Å². The number of aryl methyl sites for hydroxylation is 2. The van der Waals surface area contributed by atoms with Crippen LogP contribution < -0.4 is 10.9 Å². The van der Waals surface area contributed by atoms with Gasteiger partial charge in [-0.2, -0.15) is 0 Å². The first kappa shape index (κ1) is 32.8. The number of aromatic nitrogens is 3. The van der Waals surface area contributed by atoms with Gasteiger partial charge in [-0.15, -0.1) is 0 Å². The second-order valence-electron chi connectivity index (χ2n) is 14.0. The predicted octanol–water partition coefficient (Wildman–Crippen LogP) is 7.40. The maximum atomic E-state index is 15.9. The van der Waals surface area contributed by atoms with Crippen molar-refractivity contribution in [3.8, 4) is 0 Å². The van der Waals surface area contributed by atoms with Gasteiger partial charge in [0.05, 0.1) is 5.39 Å². The van der Waals surface area contributed by atoms with Crippen molar-refractivity contribution in [2.45, 2.75) is 103 Å². The van der Waals surface area contributed by atoms with E-state index in [1.165, 1.54) is 0 Å². The smallest absolute Gasteiger partial charge is 0.276 e. The molecule has 8 bridgehead atoms. The summed E-state index contributed by atoms with van der Waals surface area (Å²) in [6.45, 7) is 13.0. The number of allylic oxidation sites excluding steroid dienone is 1. The van der Waals surface area contributed by atoms with Gasteiger partial charge in [0, 0.05) is 42.2 Å². The molecule has 0 spiro atoms. The van der Waals surface area contributed by atoms with Crippen LogP contribution in [0.2, 0.25) is 0 Å². The zero-order valence-electron chi connectivity index (χ0n) is 27.9. The molecule has 0 unspecified atom stereocenters. The van der Waals surface area contributed by atoms with Gasteiger partial charge in [-0.3, -0.25) is 14.3 Å². The van der Waals surface area contributed by atoms with Crippen molar-refractivity contribution in [3.63, 3.8) is 0 Å². The first-order valence-electron chi connectivity index (χ1n) is 17.4. The lowest BCUT2D eigenvalue weighted by atomic mass is 9.85. The molecule has 4 aliphatic heterocycles. The van der Waals surface area contributed by atoms with Gasteiger partial charge in [0.2, 0.25) is 0 Å². The molecule has 4 aliphatic rings. The summed E-state index contributed by atoms with van der Waals surface area (Å²) in [4.78, 5) is 28.6. The van der Waals surface area contributed by atoms with Crippen molar-refractivity contribution >= 4 is 16.9 Å². The van der Waals surface area contributed by atoms with Gasteiger partial charge in [0.25, 0.3) is 11.5 Å². The van der Waals surface area contributed by atoms with Gasteiger partial charge in [-0.1, -0.05) is 30.4 Å². The standard InChI is InChI=1S/C37H50F2N6O/c1-25(2)44-21-13-28(14-22-44)32-24-33-34-40-26(3)29-11-10-12-31(23-29)37(38,39)30-15-19-43(20-16-30)17-8-6-5-7-9-18-45(36(32)46)35(33)42-27(4)41-34/h6,8,10-12,23-26,28,30H,5,7,9,13-22H2,1-4H3,(H,40,41,42)/b8-6-/t26-/m1/s1. The second kappa shape index (κ2) is 13.9. The molecular formula is C37H50F2N6O. The SMILES string of the molecule is Cc1nc2c3cc(C4CCN(C(C)C)CC4)c(=O)n(c3n1)CCCC/C=C\CN1CCC(CC1)C(F)(F)c1cccc(c1)[C@@H](C)N2. The van der Waals surface area contributed by atoms with E-state index >= 15 is 8.78 Å². The van der Waals surface area contributed by atoms with Crippen LogP contribution in [0, 0.1) is 12.8 Å². The Morgan fingerprint density at radius 1 is 0.957 bits per heavy atom. The lowest BCUT2D eigenvalue weighted by molar-refractivity contribution is -0.0847. The summed E-state index contributed by atoms with van der Waals surface area (Å²) in [6, 6.07) is 9.11. The minimum Gasteiger partial charge on any atom is -0.363 e. The highest BCUT2D eigenvalue weighted by Gasteiger charge is 2.42. The molecule has 0 amide bonds. The number of piperidine rings is 2. The van der Waals surface area contributed by atoms with E-state index in [-0.39, 0.29) is 23.1 Å². The summed E-state index contributed by atoms with van der Waals surface area (Å²) in [5.74, 6) is -2.18. The number of anilines is 1. The van der Waals surface area contributed by atoms with Gasteiger partial charge in [0.1, 0.15) is 17.3 Å². The van der Waals surface area contributed by atoms with Crippen LogP contribution >= 0.6 is 0 Å². The van der Waals surface area contributed by atoms with Crippen molar-refractivity contribution < 1.29 is 8.78 Å². The molecule has 7 rings (SSSR count). The molecule has 3 aromatic rings. The first-order chi connectivity index (χ1) is 22.1. The number of likely N-dealkylation sites (tertiary alicyclic amines) is 1. The number of halogens is 2. The molecule has 1 atom stereocenters. The molecule has 6 heterocycles. The van der Waals surface area contributed by atoms with Gasteiger partial charge in [-0.25, -0.2) is 18.7 Å². The molecule has 2 aromatic heterocycles. The molecule has 0 saturated carbocycles. The summed E-state index contributed by atoms with van der Waals surface area (Å²) in [7, 11) is 0. The topological polar surface area (TPSA) is 66.3 Å². The Kier molecular flexibility index (Phi) is 9.90. The van der Waals surface area contributed by atoms with Crippen molar-refractivity contribution in [3.05, 3.63) is 75.4 Å². The molecule has 7 nitrogen and oxygen atoms in total. The summed E-state index contributed by atoms with van der Waals surface area (Å²) >= 11 is 0. The summed E-state index contributed by atoms with van der Waals surface area (Å²) in [6.07, 6.45) is 9.96. The van der Waals surface area contributed by atoms with Crippen molar-refractivity contribution in [2.24, 2.45) is 5.92 Å². The Bertz CT molecular complexity index is 1600. The predicted molar refractivity (Wildman–Crippen MR) is 182 cm³/mol. The number of hydrogen-bond acceptors (Lipinski definition) is 6. The molecule has 2 saturated heterocycles. The zero-order valence-corrected chi connectivity index (χ0v) is 27.9. The number of alkyl halides is 2. The molecule has 248 valence electrons. The monoisotopic (exact) mass is 632 g/mol. The third-order valence-corrected chi connectivity index (χ3v) is 10.5. The fourth-order valence-corrected chi connectivity index (χ4v) is 7.60. The highest BCUT2D eigenvalue weighted by Crippen LogP contribution is 2.42. The Balaban J connectivity index is 1.41. The summed E-state index contributed by atoms with van der Waals surface area (Å²) < 4.78 is 33.7. The van der Waals surface area contributed by atoms with Crippen LogP contribution in [0.5, 0.6) is 0 Å². The molecule has 1 N–H and O–H groups in total. The third-order valence-electron chi connectivity index (χ3n) is 10.5. The number of nitrogens with zero attached hydrogens (tertiary/aromatic N) is 5. The first-order valence-corrected chi connectivity index (χ1v) is 17.4. The lowest BCUT2D eigenvalue weighted by Gasteiger charge is -2.35. The average Bonchev–Trinajstić information content (AvgIpc) is 3.05. The van der Waals surface area contributed by atoms with Gasteiger partial charge < -0.3 is 10.2 Å². The van der Waals surface area contributed by atoms with E-state index in [2.05, 4.69) is 41.1 Å². The number of hydrogen-bond donors (Lipinski definition) is 1. The van der Waals surface area contributed by atoms with E-state index in [4.69, 9.17) is 9.97 Å². The van der Waals surface area contributed by atoms with Gasteiger partial charge >= 0.3 is 0 Å². The van der Waals surface area contributed by atoms with Crippen LogP contribution in [0.25, 0.3) is 11.0 Å². The van der Waals surface area contributed by atoms with Crippen LogP contribution in [-0.2, 0) is 12.5 Å². The Labute approximate surface area is 272 Å². The normalized spacial score (nSPS) is 25.8. The maximum Gasteiger partial charge on any atom is 0.276 e. The maximum absolute atomic E-state index is 15.9. The Morgan fingerprint density at radius 3 is 2.46 bits per heavy atom. The van der Waals surface area contributed by atoms with E-state index in [0.29, 0.717) is 55.8 Å². The second-order valence-corrected chi connectivity index (χ2v) is 14.0. The van der Waals surface area contributed by atoms with Crippen LogP contribution in [0.3, 0.4) is 0 Å². The minimum atomic E-state index is -2.90. The van der Waals surface area contributed by atoms with E-state index < -0.39 is 11.8 Å². The number of fused-ring (bicyclic) bond motifs is 8. The third kappa shape index (κ3) is 6.91. The molecule has 2 fully saturated rings. The van der Waals surface area contributed by atoms with Crippen LogP contribution in [0.15, 0.2) is 47.3 Å². The number of pyridine rings is 1. The number of rotatable bonds is 2. The molecule has 9 heteroatoms. The Hall–Kier alpha value is -3.17. The zero-order chi connectivity index (χ0) is 32.4. The minimum absolute atomic E-state index is 0.0556. The largest absolute Gasteiger partial charge is 0.363 e. The van der Waals surface area contributed by atoms with E-state index in [1.54, 1.807) is 18.2 Å². The lowest BCUT2D eigenvalue weighted by Crippen LogP contribution is -2.39. The fourth-order valence-electron chi connectivity index (χ4n) is 7.60. The molecular weight excluding hydrogens is 582 g/mol. The van der Waals surface area contributed by atoms with Crippen LogP contribution in [0.4, 0.5) is 14.6 Å². The van der Waals surface area contributed by atoms with Crippen molar-refractivity contribution in [1.82, 2.24) is 24.3 Å². The van der Waals surface area contributed by atoms with E-state index in [1.807, 2.05) is 30.5 Å². The highest BCUT2D eigenvalue weighted by molar-refractivity contribution is 5.87. The van der Waals surface area contributed by atoms with Crippen molar-refractivity contribution in [2.75, 3.05) is 38.0 Å². The summed E-state index contributed by atoms with van der Waals surface area (Å²) in [5, 5.41) is 4.37. The fraction of sp³-hybridized carbons (Fsp3) is 0.595. The van der Waals surface area contributed by atoms with Crippen molar-refractivity contribution in [1.29, 1.82) is 0 Å². The number of nitrogens with one attached hydrogen (secondary N) is 1.